The highest BCUT2D eigenvalue weighted by Crippen LogP contribution is 2.36. The molecule has 0 radical (unpaired) electrons. The summed E-state index contributed by atoms with van der Waals surface area (Å²) >= 11 is 0. The molecule has 7 heteroatoms. The summed E-state index contributed by atoms with van der Waals surface area (Å²) in [5.74, 6) is 0.907. The van der Waals surface area contributed by atoms with E-state index in [1.807, 2.05) is 0 Å². The van der Waals surface area contributed by atoms with Crippen molar-refractivity contribution in [2.45, 2.75) is 70.9 Å². The molecule has 0 spiro atoms. The average molecular weight is 496 g/mol. The number of rotatable bonds is 8. The van der Waals surface area contributed by atoms with Crippen molar-refractivity contribution in [1.29, 1.82) is 0 Å². The van der Waals surface area contributed by atoms with Gasteiger partial charge in [0, 0.05) is 51.4 Å². The molecule has 2 aliphatic rings. The van der Waals surface area contributed by atoms with E-state index < -0.39 is 0 Å². The summed E-state index contributed by atoms with van der Waals surface area (Å²) in [7, 11) is 1.77. The lowest BCUT2D eigenvalue weighted by atomic mass is 9.73. The predicted molar refractivity (Wildman–Crippen MR) is 123 cm³/mol. The Morgan fingerprint density at radius 3 is 2.63 bits per heavy atom. The first-order valence-electron chi connectivity index (χ1n) is 10.5. The molecule has 0 aromatic rings. The van der Waals surface area contributed by atoms with Gasteiger partial charge in [0.2, 0.25) is 0 Å². The lowest BCUT2D eigenvalue weighted by molar-refractivity contribution is 0.00715. The Kier molecular flexibility index (Phi) is 12.2. The highest BCUT2D eigenvalue weighted by Gasteiger charge is 2.35. The number of hydrogen-bond donors (Lipinski definition) is 3. The predicted octanol–water partition coefficient (Wildman–Crippen LogP) is 2.60. The number of aliphatic hydroxyl groups is 1. The third-order valence-electron chi connectivity index (χ3n) is 5.97. The summed E-state index contributed by atoms with van der Waals surface area (Å²) in [5.41, 5.74) is -0.0781. The maximum absolute atomic E-state index is 10.4. The van der Waals surface area contributed by atoms with Crippen molar-refractivity contribution in [3.63, 3.8) is 0 Å². The molecule has 160 valence electrons. The van der Waals surface area contributed by atoms with E-state index in [4.69, 9.17) is 9.73 Å². The van der Waals surface area contributed by atoms with Crippen molar-refractivity contribution in [1.82, 2.24) is 15.5 Å². The number of piperidine rings is 1. The molecular formula is C20H41IN4O2. The summed E-state index contributed by atoms with van der Waals surface area (Å²) in [5, 5.41) is 17.4. The number of aliphatic imine (C=N–C) groups is 1. The van der Waals surface area contributed by atoms with Crippen LogP contribution in [0.25, 0.3) is 0 Å². The van der Waals surface area contributed by atoms with E-state index in [1.54, 1.807) is 7.11 Å². The molecule has 0 aromatic heterocycles. The second-order valence-electron chi connectivity index (χ2n) is 8.22. The van der Waals surface area contributed by atoms with Crippen molar-refractivity contribution in [3.05, 3.63) is 0 Å². The van der Waals surface area contributed by atoms with Gasteiger partial charge in [0.15, 0.2) is 5.96 Å². The van der Waals surface area contributed by atoms with E-state index in [2.05, 4.69) is 29.4 Å². The molecular weight excluding hydrogens is 455 g/mol. The van der Waals surface area contributed by atoms with Gasteiger partial charge < -0.3 is 25.4 Å². The lowest BCUT2D eigenvalue weighted by Gasteiger charge is -2.37. The van der Waals surface area contributed by atoms with Crippen molar-refractivity contribution in [2.75, 3.05) is 46.4 Å². The van der Waals surface area contributed by atoms with E-state index in [9.17, 15) is 5.11 Å². The molecule has 2 fully saturated rings. The number of ether oxygens (including phenoxy) is 1. The summed E-state index contributed by atoms with van der Waals surface area (Å²) in [4.78, 5) is 7.37. The van der Waals surface area contributed by atoms with Gasteiger partial charge in [0.25, 0.3) is 0 Å². The third kappa shape index (κ3) is 8.41. The van der Waals surface area contributed by atoms with Gasteiger partial charge >= 0.3 is 0 Å². The van der Waals surface area contributed by atoms with E-state index in [0.29, 0.717) is 12.6 Å². The molecule has 1 saturated heterocycles. The number of likely N-dealkylation sites (tertiary alicyclic amines) is 1. The minimum absolute atomic E-state index is 0. The second kappa shape index (κ2) is 13.2. The quantitative estimate of drug-likeness (QED) is 0.209. The zero-order chi connectivity index (χ0) is 18.8. The second-order valence-corrected chi connectivity index (χ2v) is 8.22. The van der Waals surface area contributed by atoms with Gasteiger partial charge in [-0.25, -0.2) is 0 Å². The first-order valence-corrected chi connectivity index (χ1v) is 10.5. The van der Waals surface area contributed by atoms with Gasteiger partial charge in [-0.2, -0.15) is 0 Å². The van der Waals surface area contributed by atoms with Gasteiger partial charge in [-0.3, -0.25) is 4.99 Å². The zero-order valence-electron chi connectivity index (χ0n) is 17.5. The number of halogens is 1. The normalized spacial score (nSPS) is 27.9. The third-order valence-corrected chi connectivity index (χ3v) is 5.97. The van der Waals surface area contributed by atoms with Crippen LogP contribution in [0.5, 0.6) is 0 Å². The van der Waals surface area contributed by atoms with Crippen molar-refractivity contribution in [3.8, 4) is 0 Å². The van der Waals surface area contributed by atoms with Crippen LogP contribution in [-0.2, 0) is 4.74 Å². The fourth-order valence-corrected chi connectivity index (χ4v) is 4.07. The summed E-state index contributed by atoms with van der Waals surface area (Å²) in [6.07, 6.45) is 7.51. The minimum atomic E-state index is -0.224. The number of aliphatic hydroxyl groups excluding tert-OH is 1. The van der Waals surface area contributed by atoms with E-state index >= 15 is 0 Å². The molecule has 3 N–H and O–H groups in total. The Hall–Kier alpha value is -0.120. The molecule has 1 heterocycles. The van der Waals surface area contributed by atoms with Crippen molar-refractivity contribution in [2.24, 2.45) is 10.4 Å². The monoisotopic (exact) mass is 496 g/mol. The van der Waals surface area contributed by atoms with E-state index in [1.165, 1.54) is 6.42 Å². The molecule has 1 aliphatic heterocycles. The number of methoxy groups -OCH3 is 1. The number of hydrogen-bond acceptors (Lipinski definition) is 4. The highest BCUT2D eigenvalue weighted by molar-refractivity contribution is 14.0. The van der Waals surface area contributed by atoms with Crippen molar-refractivity contribution < 1.29 is 9.84 Å². The van der Waals surface area contributed by atoms with Crippen LogP contribution < -0.4 is 10.6 Å². The Labute approximate surface area is 182 Å². The maximum atomic E-state index is 10.4. The maximum Gasteiger partial charge on any atom is 0.191 e. The van der Waals surface area contributed by atoms with Crippen LogP contribution in [0.4, 0.5) is 0 Å². The van der Waals surface area contributed by atoms with Gasteiger partial charge in [0.1, 0.15) is 0 Å². The molecule has 0 aromatic carbocycles. The van der Waals surface area contributed by atoms with E-state index in [0.717, 1.165) is 77.3 Å². The first kappa shape index (κ1) is 24.9. The standard InChI is InChI=1S/C20H40N4O2.HI/c1-4-21-19(22-16-20(2)11-6-5-8-18(20)25)23-17-9-13-24(14-10-17)12-7-15-26-3;/h17-18,25H,4-16H2,1-3H3,(H2,21,22,23);1H. The molecule has 0 bridgehead atoms. The summed E-state index contributed by atoms with van der Waals surface area (Å²) in [6.45, 7) is 10.1. The largest absolute Gasteiger partial charge is 0.392 e. The van der Waals surface area contributed by atoms with Gasteiger partial charge in [-0.05, 0) is 39.0 Å². The average Bonchev–Trinajstić information content (AvgIpc) is 2.64. The number of guanidine groups is 1. The molecule has 1 aliphatic carbocycles. The van der Waals surface area contributed by atoms with Crippen LogP contribution >= 0.6 is 24.0 Å². The number of nitrogens with zero attached hydrogens (tertiary/aromatic N) is 2. The van der Waals surface area contributed by atoms with Crippen LogP contribution in [0.3, 0.4) is 0 Å². The van der Waals surface area contributed by atoms with Gasteiger partial charge in [-0.15, -0.1) is 24.0 Å². The van der Waals surface area contributed by atoms with Gasteiger partial charge in [0.05, 0.1) is 12.6 Å². The topological polar surface area (TPSA) is 69.1 Å². The lowest BCUT2D eigenvalue weighted by Crippen LogP contribution is -2.49. The Balaban J connectivity index is 0.00000364. The van der Waals surface area contributed by atoms with Crippen LogP contribution in [-0.4, -0.2) is 74.6 Å². The summed E-state index contributed by atoms with van der Waals surface area (Å²) in [6, 6.07) is 0.482. The SMILES string of the molecule is CCNC(=NCC1(C)CCCCC1O)NC1CCN(CCCOC)CC1.I. The zero-order valence-corrected chi connectivity index (χ0v) is 19.8. The smallest absolute Gasteiger partial charge is 0.191 e. The minimum Gasteiger partial charge on any atom is -0.392 e. The molecule has 0 amide bonds. The fourth-order valence-electron chi connectivity index (χ4n) is 4.07. The van der Waals surface area contributed by atoms with Crippen LogP contribution in [0.15, 0.2) is 4.99 Å². The highest BCUT2D eigenvalue weighted by atomic mass is 127. The Bertz CT molecular complexity index is 430. The molecule has 1 saturated carbocycles. The van der Waals surface area contributed by atoms with Crippen LogP contribution in [0, 0.1) is 5.41 Å². The fraction of sp³-hybridized carbons (Fsp3) is 0.950. The molecule has 6 nitrogen and oxygen atoms in total. The molecule has 2 rings (SSSR count). The Morgan fingerprint density at radius 2 is 2.00 bits per heavy atom. The van der Waals surface area contributed by atoms with Crippen LogP contribution in [0.1, 0.15) is 58.8 Å². The molecule has 2 atom stereocenters. The number of nitrogens with one attached hydrogen (secondary N) is 2. The summed E-state index contributed by atoms with van der Waals surface area (Å²) < 4.78 is 5.15. The van der Waals surface area contributed by atoms with Crippen molar-refractivity contribution >= 4 is 29.9 Å². The van der Waals surface area contributed by atoms with Crippen LogP contribution in [0.2, 0.25) is 0 Å². The molecule has 2 unspecified atom stereocenters. The van der Waals surface area contributed by atoms with E-state index in [-0.39, 0.29) is 35.5 Å². The molecule has 27 heavy (non-hydrogen) atoms. The Morgan fingerprint density at radius 1 is 1.26 bits per heavy atom. The first-order chi connectivity index (χ1) is 12.6. The van der Waals surface area contributed by atoms with Gasteiger partial charge in [-0.1, -0.05) is 19.8 Å².